The summed E-state index contributed by atoms with van der Waals surface area (Å²) in [5.74, 6) is 2.15. The molecule has 5 rings (SSSR count). The molecule has 1 saturated carbocycles. The molecule has 2 N–H and O–H groups in total. The Bertz CT molecular complexity index is 1240. The van der Waals surface area contributed by atoms with Crippen LogP contribution >= 0.6 is 12.2 Å². The average molecular weight is 480 g/mol. The lowest BCUT2D eigenvalue weighted by Gasteiger charge is -2.31. The summed E-state index contributed by atoms with van der Waals surface area (Å²) in [6, 6.07) is 14.0. The van der Waals surface area contributed by atoms with Crippen LogP contribution in [0, 0.1) is 0 Å². The molecule has 0 spiro atoms. The minimum absolute atomic E-state index is 0.133. The van der Waals surface area contributed by atoms with Gasteiger partial charge in [0.25, 0.3) is 5.56 Å². The summed E-state index contributed by atoms with van der Waals surface area (Å²) in [5.41, 5.74) is 2.33. The molecule has 2 aliphatic rings. The van der Waals surface area contributed by atoms with Crippen LogP contribution in [0.2, 0.25) is 0 Å². The van der Waals surface area contributed by atoms with Crippen molar-refractivity contribution < 1.29 is 14.2 Å². The number of aromatic nitrogens is 1. The van der Waals surface area contributed by atoms with Crippen LogP contribution in [0.15, 0.2) is 47.3 Å². The third kappa shape index (κ3) is 4.97. The van der Waals surface area contributed by atoms with Crippen molar-refractivity contribution in [1.29, 1.82) is 0 Å². The first-order chi connectivity index (χ1) is 16.6. The molecule has 1 aromatic heterocycles. The highest BCUT2D eigenvalue weighted by molar-refractivity contribution is 7.80. The van der Waals surface area contributed by atoms with Crippen molar-refractivity contribution in [3.05, 3.63) is 63.9 Å². The van der Waals surface area contributed by atoms with E-state index < -0.39 is 0 Å². The summed E-state index contributed by atoms with van der Waals surface area (Å²) in [5, 5.41) is 5.13. The molecule has 7 nitrogen and oxygen atoms in total. The molecule has 0 saturated heterocycles. The maximum absolute atomic E-state index is 13.0. The van der Waals surface area contributed by atoms with Crippen molar-refractivity contribution in [3.63, 3.8) is 0 Å². The summed E-state index contributed by atoms with van der Waals surface area (Å²) in [6.45, 7) is 1.17. The van der Waals surface area contributed by atoms with E-state index in [2.05, 4.69) is 15.2 Å². The quantitative estimate of drug-likeness (QED) is 0.505. The minimum Gasteiger partial charge on any atom is -0.497 e. The summed E-state index contributed by atoms with van der Waals surface area (Å²) in [4.78, 5) is 18.0. The summed E-state index contributed by atoms with van der Waals surface area (Å²) in [6.07, 6.45) is 5.98. The van der Waals surface area contributed by atoms with E-state index >= 15 is 0 Å². The molecule has 0 radical (unpaired) electrons. The molecule has 2 aromatic carbocycles. The van der Waals surface area contributed by atoms with Crippen molar-refractivity contribution in [2.45, 2.75) is 51.2 Å². The van der Waals surface area contributed by atoms with Gasteiger partial charge >= 0.3 is 0 Å². The lowest BCUT2D eigenvalue weighted by atomic mass is 9.96. The number of fused-ring (bicyclic) bond motifs is 2. The van der Waals surface area contributed by atoms with Crippen LogP contribution in [0.4, 0.5) is 0 Å². The number of benzene rings is 2. The van der Waals surface area contributed by atoms with Crippen LogP contribution in [-0.4, -0.2) is 34.9 Å². The van der Waals surface area contributed by atoms with Gasteiger partial charge in [0.2, 0.25) is 6.79 Å². The van der Waals surface area contributed by atoms with Gasteiger partial charge in [-0.1, -0.05) is 31.4 Å². The molecule has 1 aliphatic carbocycles. The molecule has 34 heavy (non-hydrogen) atoms. The van der Waals surface area contributed by atoms with Gasteiger partial charge in [0, 0.05) is 29.6 Å². The van der Waals surface area contributed by atoms with Crippen molar-refractivity contribution in [3.8, 4) is 17.2 Å². The second-order valence-corrected chi connectivity index (χ2v) is 9.29. The minimum atomic E-state index is -0.133. The monoisotopic (exact) mass is 479 g/mol. The van der Waals surface area contributed by atoms with Gasteiger partial charge in [-0.2, -0.15) is 0 Å². The normalized spacial score (nSPS) is 15.3. The zero-order valence-corrected chi connectivity index (χ0v) is 20.1. The second kappa shape index (κ2) is 9.93. The Labute approximate surface area is 204 Å². The molecular weight excluding hydrogens is 450 g/mol. The lowest BCUT2D eigenvalue weighted by molar-refractivity contribution is 0.174. The molecule has 178 valence electrons. The highest BCUT2D eigenvalue weighted by Gasteiger charge is 2.20. The average Bonchev–Trinajstić information content (AvgIpc) is 3.31. The van der Waals surface area contributed by atoms with Crippen molar-refractivity contribution >= 4 is 28.2 Å². The Balaban J connectivity index is 1.42. The maximum Gasteiger partial charge on any atom is 0.253 e. The molecule has 0 amide bonds. The third-order valence-corrected chi connectivity index (χ3v) is 6.90. The molecule has 1 aliphatic heterocycles. The predicted octanol–water partition coefficient (Wildman–Crippen LogP) is 4.47. The SMILES string of the molecule is COc1ccc(CN(Cc2cc3cc4c(cc3[nH]c2=O)OCO4)C(=S)NC2CCCCC2)cc1. The van der Waals surface area contributed by atoms with E-state index in [0.29, 0.717) is 41.3 Å². The molecule has 0 bridgehead atoms. The first kappa shape index (κ1) is 22.5. The van der Waals surface area contributed by atoms with Gasteiger partial charge < -0.3 is 29.4 Å². The van der Waals surface area contributed by atoms with E-state index in [1.807, 2.05) is 42.5 Å². The Kier molecular flexibility index (Phi) is 6.58. The van der Waals surface area contributed by atoms with E-state index in [9.17, 15) is 4.79 Å². The smallest absolute Gasteiger partial charge is 0.253 e. The largest absolute Gasteiger partial charge is 0.497 e. The standard InChI is InChI=1S/C26H29N3O4S/c1-31-21-9-7-17(8-10-21)14-29(26(34)27-20-5-3-2-4-6-20)15-19-11-18-12-23-24(33-16-32-23)13-22(18)28-25(19)30/h7-13,20H,2-6,14-16H2,1H3,(H,27,34)(H,28,30). The fraction of sp³-hybridized carbons (Fsp3) is 0.385. The second-order valence-electron chi connectivity index (χ2n) is 8.90. The van der Waals surface area contributed by atoms with Crippen LogP contribution in [0.3, 0.4) is 0 Å². The molecule has 8 heteroatoms. The summed E-state index contributed by atoms with van der Waals surface area (Å²) >= 11 is 5.85. The Hall–Kier alpha value is -3.26. The van der Waals surface area contributed by atoms with E-state index in [-0.39, 0.29) is 12.4 Å². The van der Waals surface area contributed by atoms with Gasteiger partial charge in [0.05, 0.1) is 19.2 Å². The van der Waals surface area contributed by atoms with E-state index in [4.69, 9.17) is 26.4 Å². The number of methoxy groups -OCH3 is 1. The van der Waals surface area contributed by atoms with Crippen molar-refractivity contribution in [1.82, 2.24) is 15.2 Å². The molecular formula is C26H29N3O4S. The maximum atomic E-state index is 13.0. The van der Waals surface area contributed by atoms with Crippen molar-refractivity contribution in [2.24, 2.45) is 0 Å². The Morgan fingerprint density at radius 1 is 1.09 bits per heavy atom. The first-order valence-corrected chi connectivity index (χ1v) is 12.1. The molecule has 0 atom stereocenters. The number of pyridine rings is 1. The van der Waals surface area contributed by atoms with E-state index in [1.54, 1.807) is 7.11 Å². The number of H-pyrrole nitrogens is 1. The van der Waals surface area contributed by atoms with Crippen LogP contribution in [0.1, 0.15) is 43.2 Å². The van der Waals surface area contributed by atoms with Crippen LogP contribution in [0.5, 0.6) is 17.2 Å². The number of hydrogen-bond donors (Lipinski definition) is 2. The number of aromatic amines is 1. The Morgan fingerprint density at radius 3 is 2.56 bits per heavy atom. The molecule has 2 heterocycles. The zero-order valence-electron chi connectivity index (χ0n) is 19.3. The van der Waals surface area contributed by atoms with Gasteiger partial charge in [-0.3, -0.25) is 4.79 Å². The van der Waals surface area contributed by atoms with Gasteiger partial charge in [0.15, 0.2) is 16.6 Å². The number of ether oxygens (including phenoxy) is 3. The fourth-order valence-corrected chi connectivity index (χ4v) is 4.92. The van der Waals surface area contributed by atoms with Gasteiger partial charge in [-0.05, 0) is 54.9 Å². The Morgan fingerprint density at radius 2 is 1.82 bits per heavy atom. The number of nitrogens with zero attached hydrogens (tertiary/aromatic N) is 1. The lowest BCUT2D eigenvalue weighted by Crippen LogP contribution is -2.45. The number of nitrogens with one attached hydrogen (secondary N) is 2. The van der Waals surface area contributed by atoms with E-state index in [0.717, 1.165) is 35.1 Å². The van der Waals surface area contributed by atoms with Crippen LogP contribution in [0.25, 0.3) is 10.9 Å². The zero-order chi connectivity index (χ0) is 23.5. The number of hydrogen-bond acceptors (Lipinski definition) is 5. The number of rotatable bonds is 6. The molecule has 3 aromatic rings. The van der Waals surface area contributed by atoms with E-state index in [1.165, 1.54) is 19.3 Å². The van der Waals surface area contributed by atoms with Crippen LogP contribution < -0.4 is 25.1 Å². The fourth-order valence-electron chi connectivity index (χ4n) is 4.63. The topological polar surface area (TPSA) is 75.8 Å². The highest BCUT2D eigenvalue weighted by Crippen LogP contribution is 2.35. The van der Waals surface area contributed by atoms with Gasteiger partial charge in [-0.25, -0.2) is 0 Å². The van der Waals surface area contributed by atoms with Crippen LogP contribution in [-0.2, 0) is 13.1 Å². The highest BCUT2D eigenvalue weighted by atomic mass is 32.1. The molecule has 0 unspecified atom stereocenters. The van der Waals surface area contributed by atoms with Gasteiger partial charge in [0.1, 0.15) is 5.75 Å². The molecule has 1 fully saturated rings. The van der Waals surface area contributed by atoms with Gasteiger partial charge in [-0.15, -0.1) is 0 Å². The summed E-state index contributed by atoms with van der Waals surface area (Å²) in [7, 11) is 1.66. The van der Waals surface area contributed by atoms with Crippen molar-refractivity contribution in [2.75, 3.05) is 13.9 Å². The summed E-state index contributed by atoms with van der Waals surface area (Å²) < 4.78 is 16.2. The first-order valence-electron chi connectivity index (χ1n) is 11.7. The third-order valence-electron chi connectivity index (χ3n) is 6.53. The number of thiocarbonyl (C=S) groups is 1. The predicted molar refractivity (Wildman–Crippen MR) is 136 cm³/mol.